The Morgan fingerprint density at radius 1 is 1.46 bits per heavy atom. The van der Waals surface area contributed by atoms with Gasteiger partial charge >= 0.3 is 0 Å². The van der Waals surface area contributed by atoms with Gasteiger partial charge in [0.2, 0.25) is 0 Å². The summed E-state index contributed by atoms with van der Waals surface area (Å²) in [6.07, 6.45) is 4.74. The molecule has 1 fully saturated rings. The van der Waals surface area contributed by atoms with Crippen molar-refractivity contribution < 1.29 is 4.21 Å². The molecule has 0 radical (unpaired) electrons. The van der Waals surface area contributed by atoms with Crippen LogP contribution in [0.2, 0.25) is 0 Å². The smallest absolute Gasteiger partial charge is 0.0291 e. The molecule has 0 spiro atoms. The molecule has 0 aromatic heterocycles. The summed E-state index contributed by atoms with van der Waals surface area (Å²) >= 11 is 0. The Balaban J connectivity index is 2.22. The molecule has 3 atom stereocenters. The van der Waals surface area contributed by atoms with Crippen molar-refractivity contribution in [3.63, 3.8) is 0 Å². The Morgan fingerprint density at radius 3 is 2.62 bits per heavy atom. The molecule has 2 nitrogen and oxygen atoms in total. The summed E-state index contributed by atoms with van der Waals surface area (Å²) in [5, 5.41) is 0.303. The van der Waals surface area contributed by atoms with Gasteiger partial charge in [0.15, 0.2) is 0 Å². The summed E-state index contributed by atoms with van der Waals surface area (Å²) in [5.74, 6) is 1.48. The van der Waals surface area contributed by atoms with Crippen LogP contribution >= 0.6 is 0 Å². The van der Waals surface area contributed by atoms with E-state index in [0.717, 1.165) is 12.2 Å². The Hall–Kier alpha value is 0.110. The topological polar surface area (TPSA) is 43.1 Å². The molecule has 0 bridgehead atoms. The molecule has 0 aromatic rings. The lowest BCUT2D eigenvalue weighted by molar-refractivity contribution is 0.468. The van der Waals surface area contributed by atoms with Gasteiger partial charge in [-0.2, -0.15) is 0 Å². The van der Waals surface area contributed by atoms with Gasteiger partial charge in [-0.3, -0.25) is 4.21 Å². The molecule has 0 amide bonds. The normalized spacial score (nSPS) is 31.1. The fraction of sp³-hybridized carbons (Fsp3) is 1.00. The standard InChI is InChI=1S/C10H21NOS/c1-8(2)13(12)7-6-9-4-3-5-10(9)11/h8-10H,3-7,11H2,1-2H3. The van der Waals surface area contributed by atoms with Gasteiger partial charge in [0.1, 0.15) is 0 Å². The SMILES string of the molecule is CC(C)S(=O)CCC1CCCC1N. The Bertz CT molecular complexity index is 182. The summed E-state index contributed by atoms with van der Waals surface area (Å²) in [6, 6.07) is 0.379. The summed E-state index contributed by atoms with van der Waals surface area (Å²) in [7, 11) is -0.638. The molecule has 2 N–H and O–H groups in total. The second-order valence-corrected chi connectivity index (χ2v) is 6.39. The van der Waals surface area contributed by atoms with E-state index in [4.69, 9.17) is 5.73 Å². The van der Waals surface area contributed by atoms with Crippen molar-refractivity contribution in [2.45, 2.75) is 50.8 Å². The van der Waals surface area contributed by atoms with Crippen LogP contribution in [0, 0.1) is 5.92 Å². The highest BCUT2D eigenvalue weighted by molar-refractivity contribution is 7.85. The predicted molar refractivity (Wildman–Crippen MR) is 58.1 cm³/mol. The first-order valence-electron chi connectivity index (χ1n) is 5.24. The third-order valence-corrected chi connectivity index (χ3v) is 4.62. The van der Waals surface area contributed by atoms with E-state index < -0.39 is 10.8 Å². The number of nitrogens with two attached hydrogens (primary N) is 1. The number of rotatable bonds is 4. The third-order valence-electron chi connectivity index (χ3n) is 2.93. The van der Waals surface area contributed by atoms with E-state index in [0.29, 0.717) is 17.2 Å². The quantitative estimate of drug-likeness (QED) is 0.755. The highest BCUT2D eigenvalue weighted by Gasteiger charge is 2.24. The van der Waals surface area contributed by atoms with Gasteiger partial charge in [0.05, 0.1) is 0 Å². The van der Waals surface area contributed by atoms with Gasteiger partial charge in [0.25, 0.3) is 0 Å². The van der Waals surface area contributed by atoms with E-state index in [9.17, 15) is 4.21 Å². The van der Waals surface area contributed by atoms with Crippen molar-refractivity contribution in [3.05, 3.63) is 0 Å². The van der Waals surface area contributed by atoms with Gasteiger partial charge in [-0.05, 0) is 25.2 Å². The number of hydrogen-bond acceptors (Lipinski definition) is 2. The summed E-state index contributed by atoms with van der Waals surface area (Å²) < 4.78 is 11.5. The van der Waals surface area contributed by atoms with E-state index in [1.807, 2.05) is 13.8 Å². The van der Waals surface area contributed by atoms with Crippen molar-refractivity contribution in [2.24, 2.45) is 11.7 Å². The zero-order chi connectivity index (χ0) is 9.84. The third kappa shape index (κ3) is 3.39. The average Bonchev–Trinajstić information content (AvgIpc) is 2.47. The molecule has 1 aliphatic rings. The van der Waals surface area contributed by atoms with E-state index in [1.165, 1.54) is 19.3 Å². The fourth-order valence-electron chi connectivity index (χ4n) is 1.93. The molecule has 0 saturated heterocycles. The van der Waals surface area contributed by atoms with Crippen LogP contribution in [0.25, 0.3) is 0 Å². The van der Waals surface area contributed by atoms with E-state index in [-0.39, 0.29) is 0 Å². The molecule has 13 heavy (non-hydrogen) atoms. The van der Waals surface area contributed by atoms with Crippen molar-refractivity contribution in [2.75, 3.05) is 5.75 Å². The maximum absolute atomic E-state index is 11.5. The van der Waals surface area contributed by atoms with E-state index in [2.05, 4.69) is 0 Å². The van der Waals surface area contributed by atoms with Gasteiger partial charge in [0, 0.05) is 27.8 Å². The molecule has 1 rings (SSSR count). The minimum absolute atomic E-state index is 0.303. The average molecular weight is 203 g/mol. The van der Waals surface area contributed by atoms with E-state index in [1.54, 1.807) is 0 Å². The first-order chi connectivity index (χ1) is 6.11. The van der Waals surface area contributed by atoms with Crippen LogP contribution in [0.1, 0.15) is 39.5 Å². The van der Waals surface area contributed by atoms with Crippen LogP contribution in [-0.4, -0.2) is 21.3 Å². The molecular formula is C10H21NOS. The van der Waals surface area contributed by atoms with Crippen LogP contribution in [0.5, 0.6) is 0 Å². The summed E-state index contributed by atoms with van der Waals surface area (Å²) in [5.41, 5.74) is 5.94. The van der Waals surface area contributed by atoms with Crippen LogP contribution in [-0.2, 0) is 10.8 Å². The van der Waals surface area contributed by atoms with Gasteiger partial charge < -0.3 is 5.73 Å². The molecular weight excluding hydrogens is 182 g/mol. The van der Waals surface area contributed by atoms with Crippen molar-refractivity contribution in [1.82, 2.24) is 0 Å². The van der Waals surface area contributed by atoms with Crippen LogP contribution in [0.4, 0.5) is 0 Å². The maximum Gasteiger partial charge on any atom is 0.0291 e. The Kier molecular flexibility index (Phi) is 4.39. The number of hydrogen-bond donors (Lipinski definition) is 1. The monoisotopic (exact) mass is 203 g/mol. The van der Waals surface area contributed by atoms with Crippen LogP contribution < -0.4 is 5.73 Å². The van der Waals surface area contributed by atoms with Gasteiger partial charge in [-0.25, -0.2) is 0 Å². The molecule has 1 aliphatic carbocycles. The van der Waals surface area contributed by atoms with Gasteiger partial charge in [-0.15, -0.1) is 0 Å². The summed E-state index contributed by atoms with van der Waals surface area (Å²) in [4.78, 5) is 0. The molecule has 0 aliphatic heterocycles. The molecule has 3 unspecified atom stereocenters. The minimum atomic E-state index is -0.638. The zero-order valence-electron chi connectivity index (χ0n) is 8.66. The first-order valence-corrected chi connectivity index (χ1v) is 6.62. The van der Waals surface area contributed by atoms with Gasteiger partial charge in [-0.1, -0.05) is 20.3 Å². The highest BCUT2D eigenvalue weighted by atomic mass is 32.2. The lowest BCUT2D eigenvalue weighted by Gasteiger charge is -2.15. The first kappa shape index (κ1) is 11.2. The summed E-state index contributed by atoms with van der Waals surface area (Å²) in [6.45, 7) is 4.04. The predicted octanol–water partition coefficient (Wildman–Crippen LogP) is 1.66. The molecule has 0 aromatic carbocycles. The zero-order valence-corrected chi connectivity index (χ0v) is 9.48. The lowest BCUT2D eigenvalue weighted by Crippen LogP contribution is -2.26. The molecule has 0 heterocycles. The van der Waals surface area contributed by atoms with Crippen molar-refractivity contribution >= 4 is 10.8 Å². The van der Waals surface area contributed by atoms with Crippen molar-refractivity contribution in [1.29, 1.82) is 0 Å². The van der Waals surface area contributed by atoms with Crippen LogP contribution in [0.3, 0.4) is 0 Å². The largest absolute Gasteiger partial charge is 0.327 e. The fourth-order valence-corrected chi connectivity index (χ4v) is 2.93. The molecule has 3 heteroatoms. The molecule has 78 valence electrons. The van der Waals surface area contributed by atoms with Crippen molar-refractivity contribution in [3.8, 4) is 0 Å². The van der Waals surface area contributed by atoms with E-state index >= 15 is 0 Å². The Labute approximate surface area is 83.7 Å². The van der Waals surface area contributed by atoms with Crippen LogP contribution in [0.15, 0.2) is 0 Å². The minimum Gasteiger partial charge on any atom is -0.327 e. The maximum atomic E-state index is 11.5. The lowest BCUT2D eigenvalue weighted by atomic mass is 10.0. The second-order valence-electron chi connectivity index (χ2n) is 4.28. The molecule has 1 saturated carbocycles. The Morgan fingerprint density at radius 2 is 2.15 bits per heavy atom. The second kappa shape index (κ2) is 5.11. The highest BCUT2D eigenvalue weighted by Crippen LogP contribution is 2.27.